The standard InChI is InChI=1S/C13H28N2/c1-3-4-5-6-7-11-15-12-10-14-9-8-13(15)2/h13-14H,3-12H2,1-2H3. The lowest BCUT2D eigenvalue weighted by Crippen LogP contribution is -2.35. The molecule has 0 amide bonds. The molecule has 0 aromatic rings. The first-order valence-electron chi connectivity index (χ1n) is 6.79. The van der Waals surface area contributed by atoms with Crippen molar-refractivity contribution in [2.24, 2.45) is 0 Å². The van der Waals surface area contributed by atoms with E-state index >= 15 is 0 Å². The van der Waals surface area contributed by atoms with E-state index in [-0.39, 0.29) is 0 Å². The predicted octanol–water partition coefficient (Wildman–Crippen LogP) is 2.64. The Labute approximate surface area is 95.4 Å². The maximum atomic E-state index is 3.48. The molecule has 1 rings (SSSR count). The summed E-state index contributed by atoms with van der Waals surface area (Å²) >= 11 is 0. The van der Waals surface area contributed by atoms with E-state index in [1.807, 2.05) is 0 Å². The zero-order valence-corrected chi connectivity index (χ0v) is 10.6. The number of nitrogens with one attached hydrogen (secondary N) is 1. The smallest absolute Gasteiger partial charge is 0.0110 e. The fourth-order valence-corrected chi connectivity index (χ4v) is 2.31. The minimum Gasteiger partial charge on any atom is -0.315 e. The first-order chi connectivity index (χ1) is 7.34. The number of hydrogen-bond acceptors (Lipinski definition) is 2. The average Bonchev–Trinajstić information content (AvgIpc) is 2.44. The number of unbranched alkanes of at least 4 members (excludes halogenated alkanes) is 4. The maximum absolute atomic E-state index is 3.48. The van der Waals surface area contributed by atoms with Gasteiger partial charge in [-0.05, 0) is 32.9 Å². The van der Waals surface area contributed by atoms with Crippen molar-refractivity contribution >= 4 is 0 Å². The summed E-state index contributed by atoms with van der Waals surface area (Å²) < 4.78 is 0. The van der Waals surface area contributed by atoms with E-state index in [1.54, 1.807) is 0 Å². The number of hydrogen-bond donors (Lipinski definition) is 1. The third-order valence-electron chi connectivity index (χ3n) is 3.49. The fourth-order valence-electron chi connectivity index (χ4n) is 2.31. The number of rotatable bonds is 6. The van der Waals surface area contributed by atoms with Crippen LogP contribution in [0.15, 0.2) is 0 Å². The van der Waals surface area contributed by atoms with Gasteiger partial charge in [0.25, 0.3) is 0 Å². The molecule has 0 spiro atoms. The molecule has 1 aliphatic heterocycles. The predicted molar refractivity (Wildman–Crippen MR) is 67.3 cm³/mol. The van der Waals surface area contributed by atoms with E-state index in [0.717, 1.165) is 6.04 Å². The summed E-state index contributed by atoms with van der Waals surface area (Å²) in [6, 6.07) is 0.783. The monoisotopic (exact) mass is 212 g/mol. The van der Waals surface area contributed by atoms with E-state index in [1.165, 1.54) is 64.7 Å². The minimum atomic E-state index is 0.783. The third kappa shape index (κ3) is 5.53. The first kappa shape index (κ1) is 13.0. The zero-order valence-electron chi connectivity index (χ0n) is 10.6. The maximum Gasteiger partial charge on any atom is 0.0110 e. The molecule has 1 saturated heterocycles. The fraction of sp³-hybridized carbons (Fsp3) is 1.00. The second-order valence-corrected chi connectivity index (χ2v) is 4.84. The van der Waals surface area contributed by atoms with Crippen LogP contribution >= 0.6 is 0 Å². The van der Waals surface area contributed by atoms with Gasteiger partial charge in [0.15, 0.2) is 0 Å². The molecule has 1 fully saturated rings. The Hall–Kier alpha value is -0.0800. The van der Waals surface area contributed by atoms with Crippen molar-refractivity contribution in [2.75, 3.05) is 26.2 Å². The summed E-state index contributed by atoms with van der Waals surface area (Å²) in [6.07, 6.45) is 8.32. The molecular weight excluding hydrogens is 184 g/mol. The van der Waals surface area contributed by atoms with Crippen molar-refractivity contribution in [3.63, 3.8) is 0 Å². The summed E-state index contributed by atoms with van der Waals surface area (Å²) in [7, 11) is 0. The minimum absolute atomic E-state index is 0.783. The van der Waals surface area contributed by atoms with Crippen LogP contribution in [0.25, 0.3) is 0 Å². The third-order valence-corrected chi connectivity index (χ3v) is 3.49. The van der Waals surface area contributed by atoms with Crippen LogP contribution < -0.4 is 5.32 Å². The van der Waals surface area contributed by atoms with E-state index in [2.05, 4.69) is 24.1 Å². The lowest BCUT2D eigenvalue weighted by Gasteiger charge is -2.26. The summed E-state index contributed by atoms with van der Waals surface area (Å²) in [5.41, 5.74) is 0. The van der Waals surface area contributed by atoms with Crippen molar-refractivity contribution in [2.45, 2.75) is 58.4 Å². The topological polar surface area (TPSA) is 15.3 Å². The van der Waals surface area contributed by atoms with Crippen LogP contribution in [0.3, 0.4) is 0 Å². The molecule has 0 aliphatic carbocycles. The Morgan fingerprint density at radius 3 is 2.73 bits per heavy atom. The highest BCUT2D eigenvalue weighted by atomic mass is 15.2. The van der Waals surface area contributed by atoms with E-state index < -0.39 is 0 Å². The van der Waals surface area contributed by atoms with E-state index in [4.69, 9.17) is 0 Å². The van der Waals surface area contributed by atoms with E-state index in [9.17, 15) is 0 Å². The van der Waals surface area contributed by atoms with Gasteiger partial charge in [0, 0.05) is 19.1 Å². The van der Waals surface area contributed by atoms with E-state index in [0.29, 0.717) is 0 Å². The van der Waals surface area contributed by atoms with Gasteiger partial charge in [-0.1, -0.05) is 32.6 Å². The zero-order chi connectivity index (χ0) is 10.9. The normalized spacial score (nSPS) is 24.0. The van der Waals surface area contributed by atoms with Crippen molar-refractivity contribution in [1.82, 2.24) is 10.2 Å². The van der Waals surface area contributed by atoms with Gasteiger partial charge in [0.1, 0.15) is 0 Å². The molecule has 0 aromatic heterocycles. The van der Waals surface area contributed by atoms with Gasteiger partial charge in [-0.3, -0.25) is 4.90 Å². The van der Waals surface area contributed by atoms with Gasteiger partial charge in [-0.15, -0.1) is 0 Å². The Kier molecular flexibility index (Phi) is 7.03. The Bertz CT molecular complexity index is 147. The molecule has 15 heavy (non-hydrogen) atoms. The lowest BCUT2D eigenvalue weighted by molar-refractivity contribution is 0.215. The molecule has 1 aliphatic rings. The van der Waals surface area contributed by atoms with Crippen molar-refractivity contribution in [3.05, 3.63) is 0 Å². The molecule has 2 nitrogen and oxygen atoms in total. The SMILES string of the molecule is CCCCCCCN1CCNCCC1C. The highest BCUT2D eigenvalue weighted by Crippen LogP contribution is 2.09. The lowest BCUT2D eigenvalue weighted by atomic mass is 10.1. The molecule has 0 bridgehead atoms. The molecule has 1 heterocycles. The van der Waals surface area contributed by atoms with Crippen molar-refractivity contribution in [3.8, 4) is 0 Å². The van der Waals surface area contributed by atoms with Crippen LogP contribution in [0.4, 0.5) is 0 Å². The Morgan fingerprint density at radius 1 is 1.13 bits per heavy atom. The van der Waals surface area contributed by atoms with Gasteiger partial charge < -0.3 is 5.32 Å². The second-order valence-electron chi connectivity index (χ2n) is 4.84. The molecule has 0 aromatic carbocycles. The molecule has 90 valence electrons. The molecular formula is C13H28N2. The molecule has 1 atom stereocenters. The van der Waals surface area contributed by atoms with Crippen LogP contribution in [0.2, 0.25) is 0 Å². The quantitative estimate of drug-likeness (QED) is 0.681. The van der Waals surface area contributed by atoms with Crippen molar-refractivity contribution in [1.29, 1.82) is 0 Å². The van der Waals surface area contributed by atoms with Gasteiger partial charge in [-0.2, -0.15) is 0 Å². The average molecular weight is 212 g/mol. The summed E-state index contributed by atoms with van der Waals surface area (Å²) in [4.78, 5) is 2.66. The van der Waals surface area contributed by atoms with Crippen LogP contribution in [0.5, 0.6) is 0 Å². The van der Waals surface area contributed by atoms with Gasteiger partial charge in [0.05, 0.1) is 0 Å². The van der Waals surface area contributed by atoms with Crippen LogP contribution in [0, 0.1) is 0 Å². The molecule has 2 heteroatoms. The van der Waals surface area contributed by atoms with Gasteiger partial charge in [0.2, 0.25) is 0 Å². The number of nitrogens with zero attached hydrogens (tertiary/aromatic N) is 1. The summed E-state index contributed by atoms with van der Waals surface area (Å²) in [5.74, 6) is 0. The Morgan fingerprint density at radius 2 is 1.93 bits per heavy atom. The second kappa shape index (κ2) is 8.12. The van der Waals surface area contributed by atoms with Crippen LogP contribution in [-0.4, -0.2) is 37.1 Å². The van der Waals surface area contributed by atoms with Gasteiger partial charge >= 0.3 is 0 Å². The highest BCUT2D eigenvalue weighted by molar-refractivity contribution is 4.73. The summed E-state index contributed by atoms with van der Waals surface area (Å²) in [5, 5.41) is 3.48. The molecule has 0 saturated carbocycles. The van der Waals surface area contributed by atoms with Crippen LogP contribution in [0.1, 0.15) is 52.4 Å². The molecule has 1 unspecified atom stereocenters. The molecule has 1 N–H and O–H groups in total. The van der Waals surface area contributed by atoms with Crippen LogP contribution in [-0.2, 0) is 0 Å². The van der Waals surface area contributed by atoms with Crippen molar-refractivity contribution < 1.29 is 0 Å². The van der Waals surface area contributed by atoms with Gasteiger partial charge in [-0.25, -0.2) is 0 Å². The highest BCUT2D eigenvalue weighted by Gasteiger charge is 2.15. The first-order valence-corrected chi connectivity index (χ1v) is 6.79. The Balaban J connectivity index is 2.07. The summed E-state index contributed by atoms with van der Waals surface area (Å²) in [6.45, 7) is 9.59. The largest absolute Gasteiger partial charge is 0.315 e. The molecule has 0 radical (unpaired) electrons.